The van der Waals surface area contributed by atoms with Crippen LogP contribution in [0.15, 0.2) is 127 Å². The molecule has 6 aromatic rings. The average Bonchev–Trinajstić information content (AvgIpc) is 3.73. The highest BCUT2D eigenvalue weighted by Gasteiger charge is 2.52. The summed E-state index contributed by atoms with van der Waals surface area (Å²) in [4.78, 5) is 56.3. The van der Waals surface area contributed by atoms with Gasteiger partial charge in [0.15, 0.2) is 18.4 Å². The van der Waals surface area contributed by atoms with E-state index in [1.807, 2.05) is 0 Å². The normalized spacial score (nSPS) is 17.9. The Kier molecular flexibility index (Phi) is 9.84. The van der Waals surface area contributed by atoms with Gasteiger partial charge in [-0.2, -0.15) is 0 Å². The lowest BCUT2D eigenvalue weighted by Crippen LogP contribution is -2.41. The second-order valence-electron chi connectivity index (χ2n) is 11.4. The SMILES string of the molecule is [N-]=[N+]=Nc1ncnc2c1c(-c1cccc(Cl)n1)cn2[C@@H]1O[C@H](COC(=O)c2ccccc2)[C@@H](OC(=O)c2ccccc2)[C@H]1OC(=O)c1ccccc1. The Bertz CT molecular complexity index is 2300. The molecule has 1 aliphatic rings. The second-order valence-corrected chi connectivity index (χ2v) is 11.8. The largest absolute Gasteiger partial charge is 0.459 e. The number of rotatable bonds is 10. The Labute approximate surface area is 300 Å². The number of hydrogen-bond acceptors (Lipinski definition) is 11. The summed E-state index contributed by atoms with van der Waals surface area (Å²) in [5.41, 5.74) is 11.1. The van der Waals surface area contributed by atoms with Gasteiger partial charge in [0.2, 0.25) is 0 Å². The van der Waals surface area contributed by atoms with Crippen LogP contribution in [-0.2, 0) is 18.9 Å². The number of fused-ring (bicyclic) bond motifs is 1. The molecule has 0 saturated carbocycles. The summed E-state index contributed by atoms with van der Waals surface area (Å²) < 4.78 is 25.9. The number of pyridine rings is 1. The smallest absolute Gasteiger partial charge is 0.338 e. The van der Waals surface area contributed by atoms with Crippen LogP contribution in [0.25, 0.3) is 32.7 Å². The molecule has 0 spiro atoms. The lowest BCUT2D eigenvalue weighted by atomic mass is 10.1. The maximum Gasteiger partial charge on any atom is 0.338 e. The first kappa shape index (κ1) is 33.9. The fourth-order valence-electron chi connectivity index (χ4n) is 5.81. The summed E-state index contributed by atoms with van der Waals surface area (Å²) in [6.07, 6.45) is -2.23. The van der Waals surface area contributed by atoms with Gasteiger partial charge in [-0.25, -0.2) is 29.3 Å². The second kappa shape index (κ2) is 15.1. The number of ether oxygens (including phenoxy) is 4. The summed E-state index contributed by atoms with van der Waals surface area (Å²) >= 11 is 6.26. The van der Waals surface area contributed by atoms with Crippen molar-refractivity contribution in [3.8, 4) is 11.3 Å². The number of carbonyl (C=O) groups excluding carboxylic acids is 3. The molecule has 3 aromatic heterocycles. The summed E-state index contributed by atoms with van der Waals surface area (Å²) in [5, 5.41) is 4.26. The third-order valence-corrected chi connectivity index (χ3v) is 8.38. The first-order chi connectivity index (χ1) is 25.4. The molecule has 0 N–H and O–H groups in total. The van der Waals surface area contributed by atoms with E-state index in [-0.39, 0.29) is 27.7 Å². The van der Waals surface area contributed by atoms with Crippen LogP contribution in [0, 0.1) is 0 Å². The Morgan fingerprint density at radius 1 is 0.788 bits per heavy atom. The molecule has 7 rings (SSSR count). The molecule has 0 amide bonds. The molecule has 1 fully saturated rings. The summed E-state index contributed by atoms with van der Waals surface area (Å²) in [7, 11) is 0. The Morgan fingerprint density at radius 2 is 1.38 bits per heavy atom. The molecule has 0 bridgehead atoms. The monoisotopic (exact) mass is 715 g/mol. The summed E-state index contributed by atoms with van der Waals surface area (Å²) in [6.45, 7) is -0.392. The van der Waals surface area contributed by atoms with Crippen LogP contribution in [0.4, 0.5) is 5.82 Å². The molecular formula is C37H26ClN7O7. The van der Waals surface area contributed by atoms with Gasteiger partial charge in [-0.3, -0.25) is 0 Å². The van der Waals surface area contributed by atoms with E-state index in [9.17, 15) is 19.9 Å². The van der Waals surface area contributed by atoms with E-state index in [2.05, 4.69) is 25.0 Å². The number of hydrogen-bond donors (Lipinski definition) is 0. The third-order valence-electron chi connectivity index (χ3n) is 8.17. The molecule has 4 heterocycles. The zero-order valence-electron chi connectivity index (χ0n) is 26.9. The van der Waals surface area contributed by atoms with Gasteiger partial charge in [0.05, 0.1) is 27.8 Å². The predicted octanol–water partition coefficient (Wildman–Crippen LogP) is 7.29. The standard InChI is InChI=1S/C37H26ClN7O7/c38-28-18-10-17-26(42-28)25-19-45(33-29(25)32(43-44-39)40-21-41-33)34-31(52-37(48)24-15-8-3-9-16-24)30(51-36(47)23-13-6-2-7-14-23)27(50-34)20-49-35(46)22-11-4-1-5-12-22/h1-19,21,27,30-31,34H,20H2/t27-,30-,31-,34-/m1/s1. The van der Waals surface area contributed by atoms with Crippen molar-refractivity contribution < 1.29 is 33.3 Å². The minimum Gasteiger partial charge on any atom is -0.459 e. The van der Waals surface area contributed by atoms with Crippen LogP contribution in [0.5, 0.6) is 0 Å². The van der Waals surface area contributed by atoms with Gasteiger partial charge in [-0.15, -0.1) is 0 Å². The van der Waals surface area contributed by atoms with Gasteiger partial charge in [0.1, 0.15) is 35.7 Å². The van der Waals surface area contributed by atoms with Crippen molar-refractivity contribution in [2.75, 3.05) is 6.61 Å². The highest BCUT2D eigenvalue weighted by Crippen LogP contribution is 2.42. The van der Waals surface area contributed by atoms with Gasteiger partial charge < -0.3 is 23.5 Å². The first-order valence-corrected chi connectivity index (χ1v) is 16.2. The van der Waals surface area contributed by atoms with Crippen LogP contribution < -0.4 is 0 Å². The van der Waals surface area contributed by atoms with E-state index in [0.29, 0.717) is 22.2 Å². The Hall–Kier alpha value is -6.60. The molecule has 3 aromatic carbocycles. The molecule has 258 valence electrons. The number of azide groups is 1. The fourth-order valence-corrected chi connectivity index (χ4v) is 5.98. The van der Waals surface area contributed by atoms with Crippen molar-refractivity contribution in [1.29, 1.82) is 0 Å². The highest BCUT2D eigenvalue weighted by molar-refractivity contribution is 6.29. The number of nitrogens with zero attached hydrogens (tertiary/aromatic N) is 7. The molecule has 1 saturated heterocycles. The van der Waals surface area contributed by atoms with Crippen molar-refractivity contribution in [3.63, 3.8) is 0 Å². The van der Waals surface area contributed by atoms with Gasteiger partial charge in [-0.1, -0.05) is 72.3 Å². The number of benzene rings is 3. The van der Waals surface area contributed by atoms with Crippen molar-refractivity contribution in [1.82, 2.24) is 19.5 Å². The van der Waals surface area contributed by atoms with Gasteiger partial charge in [0.25, 0.3) is 0 Å². The van der Waals surface area contributed by atoms with Crippen molar-refractivity contribution in [2.45, 2.75) is 24.5 Å². The molecule has 0 radical (unpaired) electrons. The lowest BCUT2D eigenvalue weighted by Gasteiger charge is -2.25. The van der Waals surface area contributed by atoms with E-state index in [1.165, 1.54) is 10.9 Å². The third kappa shape index (κ3) is 7.02. The minimum absolute atomic E-state index is 0.0146. The molecule has 15 heteroatoms. The number of aromatic nitrogens is 4. The average molecular weight is 716 g/mol. The van der Waals surface area contributed by atoms with E-state index in [4.69, 9.17) is 30.5 Å². The van der Waals surface area contributed by atoms with E-state index < -0.39 is 49.1 Å². The van der Waals surface area contributed by atoms with Crippen molar-refractivity contribution in [3.05, 3.63) is 154 Å². The quantitative estimate of drug-likeness (QED) is 0.0349. The van der Waals surface area contributed by atoms with Crippen LogP contribution in [0.2, 0.25) is 5.15 Å². The number of halogens is 1. The number of esters is 3. The van der Waals surface area contributed by atoms with Crippen LogP contribution in [0.1, 0.15) is 37.3 Å². The zero-order valence-corrected chi connectivity index (χ0v) is 27.7. The molecule has 4 atom stereocenters. The van der Waals surface area contributed by atoms with Crippen LogP contribution >= 0.6 is 11.6 Å². The van der Waals surface area contributed by atoms with E-state index in [1.54, 1.807) is 115 Å². The van der Waals surface area contributed by atoms with Gasteiger partial charge in [0, 0.05) is 16.7 Å². The maximum atomic E-state index is 13.7. The van der Waals surface area contributed by atoms with Crippen molar-refractivity contribution >= 4 is 46.4 Å². The van der Waals surface area contributed by atoms with E-state index in [0.717, 1.165) is 0 Å². The maximum absolute atomic E-state index is 13.7. The Balaban J connectivity index is 1.35. The first-order valence-electron chi connectivity index (χ1n) is 15.8. The fraction of sp³-hybridized carbons (Fsp3) is 0.135. The predicted molar refractivity (Wildman–Crippen MR) is 187 cm³/mol. The lowest BCUT2D eigenvalue weighted by molar-refractivity contribution is -0.0604. The molecule has 52 heavy (non-hydrogen) atoms. The number of carbonyl (C=O) groups is 3. The summed E-state index contributed by atoms with van der Waals surface area (Å²) in [5.74, 6) is -2.13. The van der Waals surface area contributed by atoms with Gasteiger partial charge >= 0.3 is 17.9 Å². The zero-order chi connectivity index (χ0) is 36.0. The highest BCUT2D eigenvalue weighted by atomic mass is 35.5. The summed E-state index contributed by atoms with van der Waals surface area (Å²) in [6, 6.07) is 29.8. The molecular weight excluding hydrogens is 690 g/mol. The van der Waals surface area contributed by atoms with Crippen LogP contribution in [0.3, 0.4) is 0 Å². The van der Waals surface area contributed by atoms with Gasteiger partial charge in [-0.05, 0) is 59.2 Å². The minimum atomic E-state index is -1.34. The molecule has 0 unspecified atom stereocenters. The Morgan fingerprint density at radius 3 is 1.98 bits per heavy atom. The van der Waals surface area contributed by atoms with E-state index >= 15 is 0 Å². The van der Waals surface area contributed by atoms with Crippen LogP contribution in [-0.4, -0.2) is 62.3 Å². The van der Waals surface area contributed by atoms with Crippen molar-refractivity contribution in [2.24, 2.45) is 5.11 Å². The topological polar surface area (TPSA) is 180 Å². The molecule has 14 nitrogen and oxygen atoms in total. The molecule has 0 aliphatic carbocycles. The molecule has 1 aliphatic heterocycles.